The Bertz CT molecular complexity index is 1120. The molecule has 0 aromatic heterocycles. The van der Waals surface area contributed by atoms with E-state index in [1.807, 2.05) is 19.1 Å². The average molecular weight is 436 g/mol. The van der Waals surface area contributed by atoms with Gasteiger partial charge in [0, 0.05) is 5.39 Å². The van der Waals surface area contributed by atoms with Gasteiger partial charge in [-0.3, -0.25) is 0 Å². The first-order valence-corrected chi connectivity index (χ1v) is 9.28. The number of hydrogen-bond acceptors (Lipinski definition) is 3. The fourth-order valence-electron chi connectivity index (χ4n) is 3.04. The number of carbonyl (C=O) groups is 1. The molecule has 3 aromatic rings. The predicted molar refractivity (Wildman–Crippen MR) is 105 cm³/mol. The monoisotopic (exact) mass is 436 g/mol. The Balaban J connectivity index is 1.83. The highest BCUT2D eigenvalue weighted by molar-refractivity contribution is 5.93. The number of allylic oxidation sites excluding steroid dienone is 2. The first-order chi connectivity index (χ1) is 14.8. The highest BCUT2D eigenvalue weighted by Crippen LogP contribution is 2.30. The summed E-state index contributed by atoms with van der Waals surface area (Å²) in [7, 11) is 0. The van der Waals surface area contributed by atoms with Crippen LogP contribution in [-0.4, -0.2) is 12.6 Å². The smallest absolute Gasteiger partial charge is 0.387 e. The van der Waals surface area contributed by atoms with Crippen LogP contribution in [0.4, 0.5) is 22.0 Å². The van der Waals surface area contributed by atoms with Crippen LogP contribution >= 0.6 is 0 Å². The van der Waals surface area contributed by atoms with Gasteiger partial charge >= 0.3 is 12.6 Å². The number of aryl methyl sites for hydroxylation is 1. The van der Waals surface area contributed by atoms with Crippen molar-refractivity contribution in [3.63, 3.8) is 0 Å². The molecule has 0 aliphatic carbocycles. The van der Waals surface area contributed by atoms with E-state index in [0.29, 0.717) is 18.4 Å². The van der Waals surface area contributed by atoms with Gasteiger partial charge in [0.25, 0.3) is 0 Å². The minimum atomic E-state index is -3.19. The summed E-state index contributed by atoms with van der Waals surface area (Å²) in [6.07, 6.45) is 4.67. The first-order valence-electron chi connectivity index (χ1n) is 9.28. The quantitative estimate of drug-likeness (QED) is 0.182. The molecule has 0 radical (unpaired) electrons. The van der Waals surface area contributed by atoms with Crippen molar-refractivity contribution < 1.29 is 36.2 Å². The van der Waals surface area contributed by atoms with Crippen molar-refractivity contribution in [1.82, 2.24) is 0 Å². The predicted octanol–water partition coefficient (Wildman–Crippen LogP) is 6.59. The molecule has 0 aliphatic heterocycles. The molecule has 31 heavy (non-hydrogen) atoms. The van der Waals surface area contributed by atoms with E-state index in [9.17, 15) is 26.7 Å². The van der Waals surface area contributed by atoms with Crippen LogP contribution in [0.2, 0.25) is 0 Å². The molecule has 0 atom stereocenters. The van der Waals surface area contributed by atoms with Gasteiger partial charge in [0.15, 0.2) is 11.6 Å². The lowest BCUT2D eigenvalue weighted by molar-refractivity contribution is -0.0520. The molecular formula is C23H17F5O3. The van der Waals surface area contributed by atoms with Crippen LogP contribution in [0, 0.1) is 17.5 Å². The summed E-state index contributed by atoms with van der Waals surface area (Å²) in [5, 5.41) is 0.158. The zero-order valence-electron chi connectivity index (χ0n) is 16.3. The Hall–Kier alpha value is -3.42. The molecule has 3 rings (SSSR count). The lowest BCUT2D eigenvalue weighted by Crippen LogP contribution is -2.14. The maximum absolute atomic E-state index is 14.3. The van der Waals surface area contributed by atoms with Crippen LogP contribution in [0.15, 0.2) is 54.6 Å². The van der Waals surface area contributed by atoms with E-state index in [2.05, 4.69) is 4.74 Å². The molecule has 0 amide bonds. The Morgan fingerprint density at radius 1 is 1.03 bits per heavy atom. The van der Waals surface area contributed by atoms with Crippen molar-refractivity contribution in [3.8, 4) is 11.5 Å². The lowest BCUT2D eigenvalue weighted by Gasteiger charge is -2.10. The molecule has 0 unspecified atom stereocenters. The molecule has 0 fully saturated rings. The highest BCUT2D eigenvalue weighted by atomic mass is 19.3. The fraction of sp³-hybridized carbons (Fsp3) is 0.174. The number of fused-ring (bicyclic) bond motifs is 1. The number of ether oxygens (including phenoxy) is 2. The zero-order valence-corrected chi connectivity index (χ0v) is 16.3. The molecule has 0 aliphatic rings. The first kappa shape index (κ1) is 22.3. The average Bonchev–Trinajstić information content (AvgIpc) is 2.69. The summed E-state index contributed by atoms with van der Waals surface area (Å²) in [5.74, 6) is -5.11. The van der Waals surface area contributed by atoms with Gasteiger partial charge in [0.2, 0.25) is 0 Å². The summed E-state index contributed by atoms with van der Waals surface area (Å²) >= 11 is 0. The maximum atomic E-state index is 14.3. The summed E-state index contributed by atoms with van der Waals surface area (Å²) in [4.78, 5) is 12.3. The van der Waals surface area contributed by atoms with E-state index < -0.39 is 41.3 Å². The Labute approximate surface area is 174 Å². The minimum Gasteiger partial charge on any atom is -0.432 e. The molecule has 0 bridgehead atoms. The van der Waals surface area contributed by atoms with E-state index in [1.165, 1.54) is 24.3 Å². The van der Waals surface area contributed by atoms with Gasteiger partial charge in [-0.05, 0) is 67.1 Å². The van der Waals surface area contributed by atoms with E-state index in [-0.39, 0.29) is 16.5 Å². The number of halogens is 5. The Morgan fingerprint density at radius 3 is 2.39 bits per heavy atom. The van der Waals surface area contributed by atoms with Gasteiger partial charge in [-0.2, -0.15) is 8.78 Å². The lowest BCUT2D eigenvalue weighted by atomic mass is 10.1. The van der Waals surface area contributed by atoms with Gasteiger partial charge in [-0.1, -0.05) is 18.2 Å². The molecule has 162 valence electrons. The Morgan fingerprint density at radius 2 is 1.74 bits per heavy atom. The third-order valence-corrected chi connectivity index (χ3v) is 4.46. The van der Waals surface area contributed by atoms with Crippen LogP contribution in [-0.2, 0) is 6.42 Å². The number of rotatable bonds is 7. The number of esters is 1. The largest absolute Gasteiger partial charge is 0.432 e. The molecule has 0 saturated heterocycles. The maximum Gasteiger partial charge on any atom is 0.387 e. The topological polar surface area (TPSA) is 35.5 Å². The van der Waals surface area contributed by atoms with Gasteiger partial charge in [0.05, 0.1) is 0 Å². The zero-order chi connectivity index (χ0) is 22.5. The van der Waals surface area contributed by atoms with E-state index >= 15 is 0 Å². The van der Waals surface area contributed by atoms with E-state index in [4.69, 9.17) is 4.74 Å². The number of carbonyl (C=O) groups excluding carboxylic acids is 1. The number of benzene rings is 3. The fourth-order valence-corrected chi connectivity index (χ4v) is 3.04. The van der Waals surface area contributed by atoms with Crippen molar-refractivity contribution >= 4 is 16.7 Å². The molecule has 0 saturated carbocycles. The molecule has 8 heteroatoms. The molecule has 3 aromatic carbocycles. The van der Waals surface area contributed by atoms with E-state index in [1.54, 1.807) is 0 Å². The summed E-state index contributed by atoms with van der Waals surface area (Å²) in [6.45, 7) is -1.36. The second-order valence-electron chi connectivity index (χ2n) is 6.57. The van der Waals surface area contributed by atoms with Crippen molar-refractivity contribution in [2.45, 2.75) is 26.4 Å². The third-order valence-electron chi connectivity index (χ3n) is 4.46. The van der Waals surface area contributed by atoms with Crippen LogP contribution < -0.4 is 9.47 Å². The standard InChI is InChI=1S/C23H17F5O3/c1-2-3-4-5-13-10-17(24)20(18(25)11-13)22(29)30-15-7-8-16-14(12-15)6-9-19(21(16)26)31-23(27)28/h2-3,6-12,23H,4-5H2,1H3/b3-2+. The summed E-state index contributed by atoms with van der Waals surface area (Å²) < 4.78 is 76.7. The van der Waals surface area contributed by atoms with Gasteiger partial charge in [0.1, 0.15) is 22.9 Å². The molecule has 0 N–H and O–H groups in total. The van der Waals surface area contributed by atoms with Crippen molar-refractivity contribution in [3.05, 3.63) is 83.2 Å². The van der Waals surface area contributed by atoms with Crippen LogP contribution in [0.1, 0.15) is 29.3 Å². The van der Waals surface area contributed by atoms with Crippen LogP contribution in [0.25, 0.3) is 10.8 Å². The second kappa shape index (κ2) is 9.59. The van der Waals surface area contributed by atoms with Crippen molar-refractivity contribution in [1.29, 1.82) is 0 Å². The van der Waals surface area contributed by atoms with Gasteiger partial charge in [-0.25, -0.2) is 18.0 Å². The number of hydrogen-bond donors (Lipinski definition) is 0. The molecule has 0 heterocycles. The van der Waals surface area contributed by atoms with Crippen LogP contribution in [0.3, 0.4) is 0 Å². The normalized spacial score (nSPS) is 11.5. The molecule has 3 nitrogen and oxygen atoms in total. The molecular weight excluding hydrogens is 419 g/mol. The van der Waals surface area contributed by atoms with E-state index in [0.717, 1.165) is 18.2 Å². The van der Waals surface area contributed by atoms with Crippen molar-refractivity contribution in [2.75, 3.05) is 0 Å². The summed E-state index contributed by atoms with van der Waals surface area (Å²) in [5.41, 5.74) is -0.450. The second-order valence-corrected chi connectivity index (χ2v) is 6.57. The van der Waals surface area contributed by atoms with Gasteiger partial charge in [-0.15, -0.1) is 0 Å². The third kappa shape index (κ3) is 5.20. The SMILES string of the molecule is C/C=C/CCc1cc(F)c(C(=O)Oc2ccc3c(F)c(OC(F)F)ccc3c2)c(F)c1. The minimum absolute atomic E-state index is 0.0548. The molecule has 0 spiro atoms. The number of alkyl halides is 2. The van der Waals surface area contributed by atoms with Crippen LogP contribution in [0.5, 0.6) is 11.5 Å². The highest BCUT2D eigenvalue weighted by Gasteiger charge is 2.21. The van der Waals surface area contributed by atoms with Crippen molar-refractivity contribution in [2.24, 2.45) is 0 Å². The Kier molecular flexibility index (Phi) is 6.89. The summed E-state index contributed by atoms with van der Waals surface area (Å²) in [6, 6.07) is 8.03. The van der Waals surface area contributed by atoms with Gasteiger partial charge < -0.3 is 9.47 Å².